The van der Waals surface area contributed by atoms with Crippen LogP contribution in [0.15, 0.2) is 27.8 Å². The number of nitrogens with one attached hydrogen (secondary N) is 1. The van der Waals surface area contributed by atoms with Gasteiger partial charge in [-0.3, -0.25) is 9.36 Å². The van der Waals surface area contributed by atoms with Gasteiger partial charge in [0.2, 0.25) is 0 Å². The number of aromatic amines is 1. The van der Waals surface area contributed by atoms with Crippen molar-refractivity contribution in [1.29, 1.82) is 0 Å². The summed E-state index contributed by atoms with van der Waals surface area (Å²) in [7, 11) is 0. The first-order valence-corrected chi connectivity index (χ1v) is 6.07. The molecule has 1 fully saturated rings. The van der Waals surface area contributed by atoms with Crippen molar-refractivity contribution in [1.82, 2.24) is 9.55 Å². The number of fused-ring (bicyclic) bond motifs is 1. The van der Waals surface area contributed by atoms with Gasteiger partial charge in [-0.25, -0.2) is 4.79 Å². The van der Waals surface area contributed by atoms with Gasteiger partial charge >= 0.3 is 5.69 Å². The molecule has 88 valence electrons. The fourth-order valence-corrected chi connectivity index (χ4v) is 2.19. The van der Waals surface area contributed by atoms with E-state index in [4.69, 9.17) is 11.6 Å². The molecule has 5 heteroatoms. The van der Waals surface area contributed by atoms with Crippen molar-refractivity contribution >= 4 is 22.5 Å². The Kier molecular flexibility index (Phi) is 2.33. The minimum Gasteiger partial charge on any atom is -0.307 e. The van der Waals surface area contributed by atoms with E-state index in [2.05, 4.69) is 4.98 Å². The zero-order valence-electron chi connectivity index (χ0n) is 9.07. The Hall–Kier alpha value is -1.55. The van der Waals surface area contributed by atoms with Crippen molar-refractivity contribution < 1.29 is 0 Å². The summed E-state index contributed by atoms with van der Waals surface area (Å²) in [6.45, 7) is 0. The highest BCUT2D eigenvalue weighted by molar-refractivity contribution is 6.17. The Morgan fingerprint density at radius 3 is 2.76 bits per heavy atom. The monoisotopic (exact) mass is 250 g/mol. The molecular weight excluding hydrogens is 240 g/mol. The summed E-state index contributed by atoms with van der Waals surface area (Å²) in [5.41, 5.74) is 0.928. The van der Waals surface area contributed by atoms with E-state index in [1.54, 1.807) is 12.1 Å². The maximum absolute atomic E-state index is 12.1. The molecule has 3 rings (SSSR count). The number of nitrogens with zero attached hydrogens (tertiary/aromatic N) is 1. The standard InChI is InChI=1S/C12H11ClN2O2/c13-6-7-1-4-9-10(5-7)14-12(17)15(11(9)16)8-2-3-8/h1,4-5,8H,2-3,6H2,(H,14,17). The van der Waals surface area contributed by atoms with Gasteiger partial charge in [0, 0.05) is 11.9 Å². The van der Waals surface area contributed by atoms with Gasteiger partial charge in [0.25, 0.3) is 5.56 Å². The Morgan fingerprint density at radius 2 is 2.12 bits per heavy atom. The topological polar surface area (TPSA) is 54.9 Å². The first-order chi connectivity index (χ1) is 8.20. The zero-order valence-corrected chi connectivity index (χ0v) is 9.83. The number of H-pyrrole nitrogens is 1. The number of hydrogen-bond donors (Lipinski definition) is 1. The minimum absolute atomic E-state index is 0.0864. The summed E-state index contributed by atoms with van der Waals surface area (Å²) < 4.78 is 1.32. The molecule has 0 radical (unpaired) electrons. The molecule has 1 N–H and O–H groups in total. The van der Waals surface area contributed by atoms with Crippen LogP contribution >= 0.6 is 11.6 Å². The number of hydrogen-bond acceptors (Lipinski definition) is 2. The van der Waals surface area contributed by atoms with Gasteiger partial charge in [0.05, 0.1) is 10.9 Å². The average molecular weight is 251 g/mol. The quantitative estimate of drug-likeness (QED) is 0.826. The Morgan fingerprint density at radius 1 is 1.35 bits per heavy atom. The maximum atomic E-state index is 12.1. The van der Waals surface area contributed by atoms with Crippen LogP contribution in [0, 0.1) is 0 Å². The molecule has 0 amide bonds. The normalized spacial score (nSPS) is 15.4. The van der Waals surface area contributed by atoms with Crippen LogP contribution in [0.3, 0.4) is 0 Å². The maximum Gasteiger partial charge on any atom is 0.329 e. The van der Waals surface area contributed by atoms with E-state index >= 15 is 0 Å². The molecule has 4 nitrogen and oxygen atoms in total. The van der Waals surface area contributed by atoms with Gasteiger partial charge in [0.1, 0.15) is 0 Å². The Labute approximate surface area is 102 Å². The summed E-state index contributed by atoms with van der Waals surface area (Å²) >= 11 is 5.72. The molecule has 0 unspecified atom stereocenters. The van der Waals surface area contributed by atoms with Crippen molar-refractivity contribution in [3.63, 3.8) is 0 Å². The van der Waals surface area contributed by atoms with E-state index in [0.717, 1.165) is 18.4 Å². The Balaban J connectivity index is 2.35. The molecule has 0 spiro atoms. The van der Waals surface area contributed by atoms with Crippen LogP contribution in [0.2, 0.25) is 0 Å². The van der Waals surface area contributed by atoms with Crippen molar-refractivity contribution in [3.8, 4) is 0 Å². The lowest BCUT2D eigenvalue weighted by molar-refractivity contribution is 0.666. The van der Waals surface area contributed by atoms with Crippen LogP contribution in [-0.4, -0.2) is 9.55 Å². The first-order valence-electron chi connectivity index (χ1n) is 5.54. The average Bonchev–Trinajstić information content (AvgIpc) is 3.12. The molecule has 0 saturated heterocycles. The minimum atomic E-state index is -0.322. The van der Waals surface area contributed by atoms with Crippen LogP contribution < -0.4 is 11.2 Å². The third-order valence-electron chi connectivity index (χ3n) is 3.06. The number of halogens is 1. The molecule has 0 atom stereocenters. The lowest BCUT2D eigenvalue weighted by atomic mass is 10.2. The fraction of sp³-hybridized carbons (Fsp3) is 0.333. The number of aromatic nitrogens is 2. The predicted octanol–water partition coefficient (Wildman–Crippen LogP) is 1.76. The second-order valence-electron chi connectivity index (χ2n) is 4.35. The summed E-state index contributed by atoms with van der Waals surface area (Å²) in [4.78, 5) is 26.7. The van der Waals surface area contributed by atoms with Crippen LogP contribution in [-0.2, 0) is 5.88 Å². The summed E-state index contributed by atoms with van der Waals surface area (Å²) in [6.07, 6.45) is 1.82. The van der Waals surface area contributed by atoms with Crippen LogP contribution in [0.5, 0.6) is 0 Å². The SMILES string of the molecule is O=c1[nH]c2cc(CCl)ccc2c(=O)n1C1CC1. The molecule has 1 aliphatic carbocycles. The molecule has 17 heavy (non-hydrogen) atoms. The Bertz CT molecular complexity index is 698. The highest BCUT2D eigenvalue weighted by Crippen LogP contribution is 2.32. The van der Waals surface area contributed by atoms with Gasteiger partial charge in [0.15, 0.2) is 0 Å². The van der Waals surface area contributed by atoms with Gasteiger partial charge < -0.3 is 4.98 Å². The highest BCUT2D eigenvalue weighted by atomic mass is 35.5. The summed E-state index contributed by atoms with van der Waals surface area (Å²) in [5.74, 6) is 0.365. The van der Waals surface area contributed by atoms with Crippen molar-refractivity contribution in [2.75, 3.05) is 0 Å². The zero-order chi connectivity index (χ0) is 12.0. The van der Waals surface area contributed by atoms with E-state index in [0.29, 0.717) is 16.8 Å². The second-order valence-corrected chi connectivity index (χ2v) is 4.62. The predicted molar refractivity (Wildman–Crippen MR) is 66.7 cm³/mol. The van der Waals surface area contributed by atoms with E-state index in [9.17, 15) is 9.59 Å². The number of benzene rings is 1. The molecule has 1 aromatic heterocycles. The highest BCUT2D eigenvalue weighted by Gasteiger charge is 2.27. The smallest absolute Gasteiger partial charge is 0.307 e. The summed E-state index contributed by atoms with van der Waals surface area (Å²) in [6, 6.07) is 5.38. The molecule has 0 bridgehead atoms. The van der Waals surface area contributed by atoms with Gasteiger partial charge in [-0.05, 0) is 30.5 Å². The number of alkyl halides is 1. The van der Waals surface area contributed by atoms with Gasteiger partial charge in [-0.1, -0.05) is 6.07 Å². The molecule has 0 aliphatic heterocycles. The van der Waals surface area contributed by atoms with E-state index < -0.39 is 0 Å². The lowest BCUT2D eigenvalue weighted by Crippen LogP contribution is -2.34. The largest absolute Gasteiger partial charge is 0.329 e. The third-order valence-corrected chi connectivity index (χ3v) is 3.37. The molecular formula is C12H11ClN2O2. The van der Waals surface area contributed by atoms with Crippen LogP contribution in [0.25, 0.3) is 10.9 Å². The van der Waals surface area contributed by atoms with Gasteiger partial charge in [-0.2, -0.15) is 0 Å². The fourth-order valence-electron chi connectivity index (χ4n) is 2.03. The van der Waals surface area contributed by atoms with E-state index in [1.807, 2.05) is 6.07 Å². The van der Waals surface area contributed by atoms with E-state index in [1.165, 1.54) is 4.57 Å². The van der Waals surface area contributed by atoms with E-state index in [-0.39, 0.29) is 17.3 Å². The van der Waals surface area contributed by atoms with Gasteiger partial charge in [-0.15, -0.1) is 11.6 Å². The lowest BCUT2D eigenvalue weighted by Gasteiger charge is -2.05. The van der Waals surface area contributed by atoms with Crippen LogP contribution in [0.1, 0.15) is 24.4 Å². The molecule has 1 heterocycles. The second kappa shape index (κ2) is 3.74. The van der Waals surface area contributed by atoms with Crippen molar-refractivity contribution in [2.45, 2.75) is 24.8 Å². The van der Waals surface area contributed by atoms with Crippen LogP contribution in [0.4, 0.5) is 0 Å². The number of rotatable bonds is 2. The molecule has 1 aromatic carbocycles. The molecule has 1 saturated carbocycles. The molecule has 2 aromatic rings. The van der Waals surface area contributed by atoms with Crippen molar-refractivity contribution in [3.05, 3.63) is 44.6 Å². The van der Waals surface area contributed by atoms with Crippen molar-refractivity contribution in [2.24, 2.45) is 0 Å². The first kappa shape index (κ1) is 10.6. The third kappa shape index (κ3) is 1.69. The summed E-state index contributed by atoms with van der Waals surface area (Å²) in [5, 5.41) is 0.547. The molecule has 1 aliphatic rings.